The van der Waals surface area contributed by atoms with E-state index >= 15 is 0 Å². The van der Waals surface area contributed by atoms with E-state index in [0.717, 1.165) is 35.9 Å². The number of ether oxygens (including phenoxy) is 2. The van der Waals surface area contributed by atoms with Gasteiger partial charge < -0.3 is 19.2 Å². The normalized spacial score (nSPS) is 10.7. The molecule has 0 aliphatic carbocycles. The van der Waals surface area contributed by atoms with Crippen LogP contribution in [-0.2, 0) is 13.1 Å². The van der Waals surface area contributed by atoms with Crippen molar-refractivity contribution < 1.29 is 19.2 Å². The first-order chi connectivity index (χ1) is 12.2. The smallest absolute Gasteiger partial charge is 0.158 e. The van der Waals surface area contributed by atoms with Crippen molar-refractivity contribution in [1.82, 2.24) is 0 Å². The van der Waals surface area contributed by atoms with Crippen LogP contribution in [-0.4, -0.2) is 14.2 Å². The van der Waals surface area contributed by atoms with Gasteiger partial charge >= 0.3 is 0 Å². The molecule has 1 aromatic heterocycles. The lowest BCUT2D eigenvalue weighted by Crippen LogP contribution is -2.80. The molecule has 2 N–H and O–H groups in total. The van der Waals surface area contributed by atoms with E-state index in [0.29, 0.717) is 10.8 Å². The average Bonchev–Trinajstić information content (AvgIpc) is 3.11. The highest BCUT2D eigenvalue weighted by atomic mass is 35.5. The van der Waals surface area contributed by atoms with Gasteiger partial charge in [0.1, 0.15) is 30.3 Å². The van der Waals surface area contributed by atoms with Gasteiger partial charge in [0, 0.05) is 11.1 Å². The van der Waals surface area contributed by atoms with Crippen molar-refractivity contribution >= 4 is 11.6 Å². The second-order valence-corrected chi connectivity index (χ2v) is 6.07. The summed E-state index contributed by atoms with van der Waals surface area (Å²) in [6, 6.07) is 17.7. The van der Waals surface area contributed by atoms with Crippen LogP contribution in [0.2, 0.25) is 5.02 Å². The topological polar surface area (TPSA) is 48.2 Å². The molecule has 0 saturated carbocycles. The second-order valence-electron chi connectivity index (χ2n) is 5.66. The molecule has 0 aliphatic rings. The van der Waals surface area contributed by atoms with Gasteiger partial charge in [0.15, 0.2) is 5.76 Å². The zero-order chi connectivity index (χ0) is 17.6. The summed E-state index contributed by atoms with van der Waals surface area (Å²) in [7, 11) is 3.27. The maximum absolute atomic E-state index is 6.18. The van der Waals surface area contributed by atoms with Gasteiger partial charge in [-0.05, 0) is 54.6 Å². The summed E-state index contributed by atoms with van der Waals surface area (Å²) >= 11 is 6.18. The minimum absolute atomic E-state index is 0.573. The summed E-state index contributed by atoms with van der Waals surface area (Å²) in [5.41, 5.74) is 2.18. The van der Waals surface area contributed by atoms with Crippen LogP contribution in [0.5, 0.6) is 11.5 Å². The fraction of sp³-hybridized carbons (Fsp3) is 0.200. The van der Waals surface area contributed by atoms with Crippen molar-refractivity contribution in [2.45, 2.75) is 13.1 Å². The summed E-state index contributed by atoms with van der Waals surface area (Å²) < 4.78 is 16.3. The minimum Gasteiger partial charge on any atom is -0.497 e. The molecule has 0 spiro atoms. The van der Waals surface area contributed by atoms with E-state index in [2.05, 4.69) is 17.4 Å². The van der Waals surface area contributed by atoms with Crippen LogP contribution in [0, 0.1) is 0 Å². The van der Waals surface area contributed by atoms with Gasteiger partial charge in [0.05, 0.1) is 19.2 Å². The van der Waals surface area contributed by atoms with E-state index < -0.39 is 0 Å². The van der Waals surface area contributed by atoms with Crippen LogP contribution in [0.1, 0.15) is 11.3 Å². The van der Waals surface area contributed by atoms with E-state index in [1.54, 1.807) is 14.2 Å². The van der Waals surface area contributed by atoms with E-state index in [9.17, 15) is 0 Å². The highest BCUT2D eigenvalue weighted by molar-refractivity contribution is 6.32. The summed E-state index contributed by atoms with van der Waals surface area (Å²) in [5, 5.41) is 2.77. The Morgan fingerprint density at radius 3 is 2.40 bits per heavy atom. The van der Waals surface area contributed by atoms with Crippen molar-refractivity contribution in [3.05, 3.63) is 70.9 Å². The van der Waals surface area contributed by atoms with Gasteiger partial charge in [0.25, 0.3) is 0 Å². The zero-order valence-electron chi connectivity index (χ0n) is 14.3. The standard InChI is InChI=1S/C20H20ClNO3/c1-23-16-6-3-14(4-7-16)12-22-13-17-8-10-19(25-17)15-5-9-20(24-2)18(21)11-15/h3-11,22H,12-13H2,1-2H3/p+1. The first-order valence-corrected chi connectivity index (χ1v) is 8.44. The molecule has 0 atom stereocenters. The van der Waals surface area contributed by atoms with Gasteiger partial charge in [0.2, 0.25) is 0 Å². The second kappa shape index (κ2) is 8.10. The third-order valence-corrected chi connectivity index (χ3v) is 4.28. The number of hydrogen-bond acceptors (Lipinski definition) is 3. The summed E-state index contributed by atoms with van der Waals surface area (Å²) in [5.74, 6) is 3.26. The van der Waals surface area contributed by atoms with Crippen molar-refractivity contribution in [3.63, 3.8) is 0 Å². The third kappa shape index (κ3) is 4.35. The molecule has 1 heterocycles. The van der Waals surface area contributed by atoms with Crippen molar-refractivity contribution in [3.8, 4) is 22.8 Å². The van der Waals surface area contributed by atoms with Crippen LogP contribution in [0.3, 0.4) is 0 Å². The Kier molecular flexibility index (Phi) is 5.64. The fourth-order valence-corrected chi connectivity index (χ4v) is 2.86. The molecule has 0 amide bonds. The molecule has 3 aromatic rings. The number of nitrogens with two attached hydrogens (primary N) is 1. The summed E-state index contributed by atoms with van der Waals surface area (Å²) in [6.07, 6.45) is 0. The molecule has 0 fully saturated rings. The van der Waals surface area contributed by atoms with E-state index in [4.69, 9.17) is 25.5 Å². The van der Waals surface area contributed by atoms with Gasteiger partial charge in [-0.1, -0.05) is 11.6 Å². The number of methoxy groups -OCH3 is 2. The van der Waals surface area contributed by atoms with E-state index in [1.807, 2.05) is 42.5 Å². The molecule has 0 unspecified atom stereocenters. The summed E-state index contributed by atoms with van der Waals surface area (Å²) in [4.78, 5) is 0. The van der Waals surface area contributed by atoms with Crippen molar-refractivity contribution in [1.29, 1.82) is 0 Å². The predicted octanol–water partition coefficient (Wildman–Crippen LogP) is 3.88. The number of furan rings is 1. The molecule has 130 valence electrons. The number of rotatable bonds is 7. The van der Waals surface area contributed by atoms with Crippen LogP contribution >= 0.6 is 11.6 Å². The Bertz CT molecular complexity index is 827. The molecule has 0 bridgehead atoms. The van der Waals surface area contributed by atoms with Gasteiger partial charge in [-0.3, -0.25) is 0 Å². The first kappa shape index (κ1) is 17.4. The van der Waals surface area contributed by atoms with E-state index in [-0.39, 0.29) is 0 Å². The third-order valence-electron chi connectivity index (χ3n) is 3.98. The molecule has 5 heteroatoms. The Morgan fingerprint density at radius 2 is 1.72 bits per heavy atom. The molecular weight excluding hydrogens is 338 g/mol. The van der Waals surface area contributed by atoms with Gasteiger partial charge in [-0.15, -0.1) is 0 Å². The average molecular weight is 359 g/mol. The molecule has 25 heavy (non-hydrogen) atoms. The lowest BCUT2D eigenvalue weighted by Gasteiger charge is -2.04. The number of hydrogen-bond donors (Lipinski definition) is 1. The van der Waals surface area contributed by atoms with Crippen LogP contribution in [0.4, 0.5) is 0 Å². The van der Waals surface area contributed by atoms with Crippen molar-refractivity contribution in [2.24, 2.45) is 0 Å². The Balaban J connectivity index is 1.58. The monoisotopic (exact) mass is 358 g/mol. The summed E-state index contributed by atoms with van der Waals surface area (Å²) in [6.45, 7) is 1.66. The fourth-order valence-electron chi connectivity index (χ4n) is 2.61. The largest absolute Gasteiger partial charge is 0.497 e. The molecule has 0 aliphatic heterocycles. The minimum atomic E-state index is 0.573. The zero-order valence-corrected chi connectivity index (χ0v) is 15.0. The highest BCUT2D eigenvalue weighted by Gasteiger charge is 2.09. The molecule has 0 saturated heterocycles. The van der Waals surface area contributed by atoms with Gasteiger partial charge in [-0.2, -0.15) is 0 Å². The molecule has 2 aromatic carbocycles. The van der Waals surface area contributed by atoms with E-state index in [1.165, 1.54) is 5.56 Å². The van der Waals surface area contributed by atoms with Crippen LogP contribution < -0.4 is 14.8 Å². The van der Waals surface area contributed by atoms with Crippen LogP contribution in [0.25, 0.3) is 11.3 Å². The first-order valence-electron chi connectivity index (χ1n) is 8.07. The van der Waals surface area contributed by atoms with Crippen LogP contribution in [0.15, 0.2) is 59.0 Å². The Labute approximate surface area is 152 Å². The Hall–Kier alpha value is -2.43. The molecule has 0 radical (unpaired) electrons. The number of quaternary nitrogens is 1. The number of benzene rings is 2. The lowest BCUT2D eigenvalue weighted by atomic mass is 10.2. The maximum Gasteiger partial charge on any atom is 0.158 e. The Morgan fingerprint density at radius 1 is 0.920 bits per heavy atom. The molecule has 3 rings (SSSR count). The lowest BCUT2D eigenvalue weighted by molar-refractivity contribution is -0.687. The maximum atomic E-state index is 6.18. The highest BCUT2D eigenvalue weighted by Crippen LogP contribution is 2.30. The quantitative estimate of drug-likeness (QED) is 0.697. The predicted molar refractivity (Wildman–Crippen MR) is 98.0 cm³/mol. The van der Waals surface area contributed by atoms with Gasteiger partial charge in [-0.25, -0.2) is 0 Å². The molecule has 4 nitrogen and oxygen atoms in total. The number of halogens is 1. The SMILES string of the molecule is COc1ccc(C[NH2+]Cc2ccc(-c3ccc(OC)c(Cl)c3)o2)cc1. The molecular formula is C20H21ClNO3+. The van der Waals surface area contributed by atoms with Crippen molar-refractivity contribution in [2.75, 3.05) is 14.2 Å².